The van der Waals surface area contributed by atoms with Gasteiger partial charge in [0.05, 0.1) is 0 Å². The Morgan fingerprint density at radius 2 is 1.81 bits per heavy atom. The average Bonchev–Trinajstić information content (AvgIpc) is 2.82. The Morgan fingerprint density at radius 1 is 1.06 bits per heavy atom. The van der Waals surface area contributed by atoms with Crippen molar-refractivity contribution >= 4 is 11.5 Å². The Balaban J connectivity index is 2.32. The first-order valence-corrected chi connectivity index (χ1v) is 7.61. The topological polar surface area (TPSA) is 12.9 Å². The van der Waals surface area contributed by atoms with E-state index in [2.05, 4.69) is 29.8 Å². The van der Waals surface area contributed by atoms with Crippen molar-refractivity contribution in [2.75, 3.05) is 0 Å². The Hall–Kier alpha value is -0.370. The zero-order valence-electron chi connectivity index (χ0n) is 10.7. The Kier molecular flexibility index (Phi) is 7.48. The minimum Gasteiger partial charge on any atom is -0.201 e. The molecule has 0 aliphatic rings. The van der Waals surface area contributed by atoms with Gasteiger partial charge in [0.2, 0.25) is 0 Å². The maximum absolute atomic E-state index is 4.24. The van der Waals surface area contributed by atoms with Gasteiger partial charge in [-0.25, -0.2) is 4.37 Å². The lowest BCUT2D eigenvalue weighted by atomic mass is 9.91. The Bertz CT molecular complexity index is 243. The van der Waals surface area contributed by atoms with Crippen LogP contribution in [-0.2, 0) is 0 Å². The number of hydrogen-bond donors (Lipinski definition) is 0. The summed E-state index contributed by atoms with van der Waals surface area (Å²) in [6, 6.07) is 0. The fraction of sp³-hybridized carbons (Fsp3) is 0.786. The molecule has 0 spiro atoms. The van der Waals surface area contributed by atoms with Gasteiger partial charge in [-0.1, -0.05) is 52.4 Å². The molecule has 0 aromatic carbocycles. The maximum atomic E-state index is 4.24. The van der Waals surface area contributed by atoms with Crippen LogP contribution < -0.4 is 0 Å². The lowest BCUT2D eigenvalue weighted by Gasteiger charge is -2.14. The summed E-state index contributed by atoms with van der Waals surface area (Å²) in [6.45, 7) is 4.55. The van der Waals surface area contributed by atoms with Crippen molar-refractivity contribution in [1.82, 2.24) is 4.37 Å². The van der Waals surface area contributed by atoms with Crippen molar-refractivity contribution in [3.05, 3.63) is 17.1 Å². The molecule has 0 amide bonds. The SMILES string of the molecule is CCCCCCC(CCCC)c1cnsc1. The second-order valence-electron chi connectivity index (χ2n) is 4.65. The van der Waals surface area contributed by atoms with Gasteiger partial charge in [0.15, 0.2) is 0 Å². The van der Waals surface area contributed by atoms with Crippen LogP contribution in [0.25, 0.3) is 0 Å². The van der Waals surface area contributed by atoms with Gasteiger partial charge in [0, 0.05) is 11.6 Å². The number of rotatable bonds is 9. The summed E-state index contributed by atoms with van der Waals surface area (Å²) in [7, 11) is 0. The highest BCUT2D eigenvalue weighted by molar-refractivity contribution is 7.03. The molecule has 0 aliphatic carbocycles. The molecule has 0 N–H and O–H groups in total. The second kappa shape index (κ2) is 8.74. The number of nitrogens with zero attached hydrogens (tertiary/aromatic N) is 1. The minimum atomic E-state index is 0.774. The zero-order chi connectivity index (χ0) is 11.6. The molecule has 0 saturated carbocycles. The van der Waals surface area contributed by atoms with Gasteiger partial charge >= 0.3 is 0 Å². The molecule has 0 radical (unpaired) electrons. The molecule has 1 nitrogen and oxygen atoms in total. The van der Waals surface area contributed by atoms with Gasteiger partial charge in [-0.05, 0) is 35.9 Å². The largest absolute Gasteiger partial charge is 0.201 e. The smallest absolute Gasteiger partial charge is 0.0441 e. The summed E-state index contributed by atoms with van der Waals surface area (Å²) < 4.78 is 4.24. The molecule has 2 heteroatoms. The van der Waals surface area contributed by atoms with Crippen molar-refractivity contribution in [3.63, 3.8) is 0 Å². The molecule has 1 heterocycles. The highest BCUT2D eigenvalue weighted by Gasteiger charge is 2.11. The zero-order valence-corrected chi connectivity index (χ0v) is 11.6. The predicted octanol–water partition coefficient (Wildman–Crippen LogP) is 5.39. The van der Waals surface area contributed by atoms with E-state index in [1.54, 1.807) is 11.5 Å². The molecule has 1 aromatic rings. The van der Waals surface area contributed by atoms with Crippen LogP contribution in [0.1, 0.15) is 76.7 Å². The predicted molar refractivity (Wildman–Crippen MR) is 73.1 cm³/mol. The van der Waals surface area contributed by atoms with Crippen LogP contribution in [0.5, 0.6) is 0 Å². The fourth-order valence-corrected chi connectivity index (χ4v) is 2.78. The summed E-state index contributed by atoms with van der Waals surface area (Å²) >= 11 is 1.60. The van der Waals surface area contributed by atoms with E-state index < -0.39 is 0 Å². The monoisotopic (exact) mass is 239 g/mol. The molecular formula is C14H25NS. The lowest BCUT2D eigenvalue weighted by Crippen LogP contribution is -1.98. The van der Waals surface area contributed by atoms with Crippen LogP contribution in [0.2, 0.25) is 0 Å². The third-order valence-electron chi connectivity index (χ3n) is 3.24. The summed E-state index contributed by atoms with van der Waals surface area (Å²) in [4.78, 5) is 0. The van der Waals surface area contributed by atoms with E-state index in [1.165, 1.54) is 56.9 Å². The van der Waals surface area contributed by atoms with E-state index in [1.807, 2.05) is 0 Å². The van der Waals surface area contributed by atoms with E-state index in [4.69, 9.17) is 0 Å². The van der Waals surface area contributed by atoms with Gasteiger partial charge in [-0.3, -0.25) is 0 Å². The molecule has 1 unspecified atom stereocenters. The van der Waals surface area contributed by atoms with Gasteiger partial charge in [0.25, 0.3) is 0 Å². The first-order valence-electron chi connectivity index (χ1n) is 6.77. The normalized spacial score (nSPS) is 12.9. The minimum absolute atomic E-state index is 0.774. The quantitative estimate of drug-likeness (QED) is 0.527. The second-order valence-corrected chi connectivity index (χ2v) is 5.30. The molecule has 92 valence electrons. The van der Waals surface area contributed by atoms with Gasteiger partial charge in [-0.15, -0.1) is 0 Å². The molecule has 1 rings (SSSR count). The summed E-state index contributed by atoms with van der Waals surface area (Å²) in [5.41, 5.74) is 1.48. The molecule has 0 saturated heterocycles. The summed E-state index contributed by atoms with van der Waals surface area (Å²) in [5, 5.41) is 2.24. The molecule has 0 aliphatic heterocycles. The highest BCUT2D eigenvalue weighted by Crippen LogP contribution is 2.28. The number of hydrogen-bond acceptors (Lipinski definition) is 2. The van der Waals surface area contributed by atoms with Crippen LogP contribution in [0.4, 0.5) is 0 Å². The molecule has 1 aromatic heterocycles. The third kappa shape index (κ3) is 5.11. The van der Waals surface area contributed by atoms with E-state index in [0.29, 0.717) is 0 Å². The number of unbranched alkanes of at least 4 members (excludes halogenated alkanes) is 4. The lowest BCUT2D eigenvalue weighted by molar-refractivity contribution is 0.509. The molecule has 0 fully saturated rings. The van der Waals surface area contributed by atoms with Crippen LogP contribution in [0, 0.1) is 0 Å². The fourth-order valence-electron chi connectivity index (χ4n) is 2.16. The van der Waals surface area contributed by atoms with Crippen LogP contribution in [-0.4, -0.2) is 4.37 Å². The Morgan fingerprint density at radius 3 is 2.44 bits per heavy atom. The molecule has 1 atom stereocenters. The van der Waals surface area contributed by atoms with Crippen LogP contribution in [0.3, 0.4) is 0 Å². The average molecular weight is 239 g/mol. The van der Waals surface area contributed by atoms with Crippen molar-refractivity contribution in [3.8, 4) is 0 Å². The standard InChI is InChI=1S/C14H25NS/c1-3-5-7-8-10-13(9-6-4-2)14-11-15-16-12-14/h11-13H,3-10H2,1-2H3. The van der Waals surface area contributed by atoms with E-state index in [9.17, 15) is 0 Å². The van der Waals surface area contributed by atoms with Crippen molar-refractivity contribution in [2.24, 2.45) is 0 Å². The molecule has 0 bridgehead atoms. The first kappa shape index (κ1) is 13.7. The molecular weight excluding hydrogens is 214 g/mol. The van der Waals surface area contributed by atoms with Crippen LogP contribution >= 0.6 is 11.5 Å². The van der Waals surface area contributed by atoms with Gasteiger partial charge in [0.1, 0.15) is 0 Å². The third-order valence-corrected chi connectivity index (χ3v) is 3.84. The number of aromatic nitrogens is 1. The Labute approximate surface area is 104 Å². The van der Waals surface area contributed by atoms with E-state index in [0.717, 1.165) is 5.92 Å². The summed E-state index contributed by atoms with van der Waals surface area (Å²) in [6.07, 6.45) is 13.0. The van der Waals surface area contributed by atoms with E-state index >= 15 is 0 Å². The van der Waals surface area contributed by atoms with Crippen molar-refractivity contribution in [1.29, 1.82) is 0 Å². The highest BCUT2D eigenvalue weighted by atomic mass is 32.1. The maximum Gasteiger partial charge on any atom is 0.0441 e. The van der Waals surface area contributed by atoms with E-state index in [-0.39, 0.29) is 0 Å². The van der Waals surface area contributed by atoms with Crippen molar-refractivity contribution < 1.29 is 0 Å². The van der Waals surface area contributed by atoms with Crippen molar-refractivity contribution in [2.45, 2.75) is 71.1 Å². The van der Waals surface area contributed by atoms with Gasteiger partial charge in [-0.2, -0.15) is 0 Å². The summed E-state index contributed by atoms with van der Waals surface area (Å²) in [5.74, 6) is 0.774. The van der Waals surface area contributed by atoms with Gasteiger partial charge < -0.3 is 0 Å². The van der Waals surface area contributed by atoms with Crippen LogP contribution in [0.15, 0.2) is 11.6 Å². The first-order chi connectivity index (χ1) is 7.88. The molecule has 16 heavy (non-hydrogen) atoms.